The Kier molecular flexibility index (Phi) is 2.42. The van der Waals surface area contributed by atoms with Gasteiger partial charge in [-0.25, -0.2) is 0 Å². The van der Waals surface area contributed by atoms with Crippen molar-refractivity contribution in [2.24, 2.45) is 0 Å². The predicted octanol–water partition coefficient (Wildman–Crippen LogP) is 3.85. The quantitative estimate of drug-likeness (QED) is 0.520. The minimum absolute atomic E-state index is 0.908. The third kappa shape index (κ3) is 1.80. The summed E-state index contributed by atoms with van der Waals surface area (Å²) in [5, 5.41) is 1.15. The van der Waals surface area contributed by atoms with Crippen LogP contribution in [0.5, 0.6) is 0 Å². The van der Waals surface area contributed by atoms with Gasteiger partial charge in [0.2, 0.25) is 0 Å². The topological polar surface area (TPSA) is 38.7 Å². The molecular formula is C17H11N3. The van der Waals surface area contributed by atoms with E-state index in [1.54, 1.807) is 12.4 Å². The summed E-state index contributed by atoms with van der Waals surface area (Å²) in [5.41, 5.74) is 5.10. The molecule has 0 saturated heterocycles. The number of nitrogens with zero attached hydrogens (tertiary/aromatic N) is 3. The zero-order valence-electron chi connectivity index (χ0n) is 10.7. The van der Waals surface area contributed by atoms with Gasteiger partial charge in [-0.2, -0.15) is 0 Å². The minimum atomic E-state index is 0.908. The number of rotatable bonds is 1. The van der Waals surface area contributed by atoms with Gasteiger partial charge in [-0.1, -0.05) is 24.3 Å². The first-order valence-corrected chi connectivity index (χ1v) is 6.46. The summed E-state index contributed by atoms with van der Waals surface area (Å²) >= 11 is 0. The van der Waals surface area contributed by atoms with Gasteiger partial charge in [-0.15, -0.1) is 0 Å². The SMILES string of the molecule is c1cnc2cc(-c3ccc4nccnc4c3)ccc2c1. The summed E-state index contributed by atoms with van der Waals surface area (Å²) in [7, 11) is 0. The predicted molar refractivity (Wildman–Crippen MR) is 80.3 cm³/mol. The van der Waals surface area contributed by atoms with E-state index in [-0.39, 0.29) is 0 Å². The molecule has 0 spiro atoms. The van der Waals surface area contributed by atoms with E-state index in [0.717, 1.165) is 33.1 Å². The number of benzene rings is 2. The summed E-state index contributed by atoms with van der Waals surface area (Å²) < 4.78 is 0. The molecule has 0 unspecified atom stereocenters. The molecule has 0 N–H and O–H groups in total. The summed E-state index contributed by atoms with van der Waals surface area (Å²) in [6, 6.07) is 16.5. The molecule has 0 aliphatic heterocycles. The van der Waals surface area contributed by atoms with Crippen LogP contribution in [0.2, 0.25) is 0 Å². The molecule has 2 aromatic carbocycles. The molecule has 2 heterocycles. The van der Waals surface area contributed by atoms with Crippen molar-refractivity contribution in [3.8, 4) is 11.1 Å². The van der Waals surface area contributed by atoms with Gasteiger partial charge in [0.25, 0.3) is 0 Å². The molecule has 20 heavy (non-hydrogen) atoms. The number of hydrogen-bond donors (Lipinski definition) is 0. The van der Waals surface area contributed by atoms with Crippen LogP contribution in [0.15, 0.2) is 67.1 Å². The van der Waals surface area contributed by atoms with Crippen molar-refractivity contribution in [1.82, 2.24) is 15.0 Å². The minimum Gasteiger partial charge on any atom is -0.256 e. The van der Waals surface area contributed by atoms with Crippen molar-refractivity contribution in [3.63, 3.8) is 0 Å². The first-order valence-electron chi connectivity index (χ1n) is 6.46. The summed E-state index contributed by atoms with van der Waals surface area (Å²) in [4.78, 5) is 13.0. The third-order valence-corrected chi connectivity index (χ3v) is 3.41. The lowest BCUT2D eigenvalue weighted by Gasteiger charge is -2.04. The lowest BCUT2D eigenvalue weighted by atomic mass is 10.0. The molecule has 3 nitrogen and oxygen atoms in total. The highest BCUT2D eigenvalue weighted by Gasteiger charge is 2.02. The van der Waals surface area contributed by atoms with E-state index in [1.807, 2.05) is 18.3 Å². The van der Waals surface area contributed by atoms with Gasteiger partial charge in [0, 0.05) is 24.0 Å². The highest BCUT2D eigenvalue weighted by Crippen LogP contribution is 2.25. The van der Waals surface area contributed by atoms with Crippen LogP contribution >= 0.6 is 0 Å². The van der Waals surface area contributed by atoms with Gasteiger partial charge in [0.15, 0.2) is 0 Å². The maximum atomic E-state index is 4.40. The van der Waals surface area contributed by atoms with Gasteiger partial charge < -0.3 is 0 Å². The number of fused-ring (bicyclic) bond motifs is 2. The largest absolute Gasteiger partial charge is 0.256 e. The highest BCUT2D eigenvalue weighted by atomic mass is 14.8. The fourth-order valence-corrected chi connectivity index (χ4v) is 2.39. The number of aromatic nitrogens is 3. The van der Waals surface area contributed by atoms with Crippen molar-refractivity contribution in [1.29, 1.82) is 0 Å². The average Bonchev–Trinajstić information content (AvgIpc) is 2.54. The maximum absolute atomic E-state index is 4.40. The molecule has 0 fully saturated rings. The van der Waals surface area contributed by atoms with Gasteiger partial charge in [-0.3, -0.25) is 15.0 Å². The normalized spacial score (nSPS) is 11.0. The van der Waals surface area contributed by atoms with E-state index in [4.69, 9.17) is 0 Å². The zero-order valence-corrected chi connectivity index (χ0v) is 10.7. The van der Waals surface area contributed by atoms with Crippen molar-refractivity contribution < 1.29 is 0 Å². The molecule has 0 saturated carbocycles. The third-order valence-electron chi connectivity index (χ3n) is 3.41. The van der Waals surface area contributed by atoms with Crippen molar-refractivity contribution in [2.45, 2.75) is 0 Å². The Balaban J connectivity index is 1.91. The molecule has 4 aromatic rings. The van der Waals surface area contributed by atoms with Crippen LogP contribution in [0.3, 0.4) is 0 Å². The molecule has 4 rings (SSSR count). The Hall–Kier alpha value is -2.81. The van der Waals surface area contributed by atoms with Crippen LogP contribution in [-0.2, 0) is 0 Å². The molecule has 94 valence electrons. The standard InChI is InChI=1S/C17H11N3/c1-2-12-3-4-13(10-16(12)18-7-1)14-5-6-15-17(11-14)20-9-8-19-15/h1-11H. The number of hydrogen-bond acceptors (Lipinski definition) is 3. The van der Waals surface area contributed by atoms with Crippen molar-refractivity contribution in [2.75, 3.05) is 0 Å². The Morgan fingerprint density at radius 1 is 0.550 bits per heavy atom. The molecule has 0 radical (unpaired) electrons. The van der Waals surface area contributed by atoms with Gasteiger partial charge in [-0.05, 0) is 35.4 Å². The number of pyridine rings is 1. The van der Waals surface area contributed by atoms with Gasteiger partial charge >= 0.3 is 0 Å². The molecular weight excluding hydrogens is 246 g/mol. The molecule has 0 atom stereocenters. The lowest BCUT2D eigenvalue weighted by Crippen LogP contribution is -1.85. The van der Waals surface area contributed by atoms with E-state index >= 15 is 0 Å². The van der Waals surface area contributed by atoms with E-state index in [2.05, 4.69) is 51.4 Å². The second-order valence-corrected chi connectivity index (χ2v) is 4.67. The summed E-state index contributed by atoms with van der Waals surface area (Å²) in [5.74, 6) is 0. The maximum Gasteiger partial charge on any atom is 0.0892 e. The zero-order chi connectivity index (χ0) is 13.4. The molecule has 2 aromatic heterocycles. The van der Waals surface area contributed by atoms with Crippen LogP contribution in [0.1, 0.15) is 0 Å². The van der Waals surface area contributed by atoms with Crippen LogP contribution in [-0.4, -0.2) is 15.0 Å². The second kappa shape index (κ2) is 4.38. The molecule has 0 amide bonds. The fraction of sp³-hybridized carbons (Fsp3) is 0. The molecule has 0 aliphatic rings. The highest BCUT2D eigenvalue weighted by molar-refractivity contribution is 5.87. The first-order chi connectivity index (χ1) is 9.90. The van der Waals surface area contributed by atoms with Crippen LogP contribution < -0.4 is 0 Å². The average molecular weight is 257 g/mol. The monoisotopic (exact) mass is 257 g/mol. The summed E-state index contributed by atoms with van der Waals surface area (Å²) in [6.07, 6.45) is 5.24. The van der Waals surface area contributed by atoms with E-state index in [9.17, 15) is 0 Å². The summed E-state index contributed by atoms with van der Waals surface area (Å²) in [6.45, 7) is 0. The Bertz CT molecular complexity index is 838. The van der Waals surface area contributed by atoms with Crippen LogP contribution in [0, 0.1) is 0 Å². The first kappa shape index (κ1) is 11.1. The lowest BCUT2D eigenvalue weighted by molar-refractivity contribution is 1.29. The smallest absolute Gasteiger partial charge is 0.0892 e. The molecule has 0 aliphatic carbocycles. The van der Waals surface area contributed by atoms with Gasteiger partial charge in [0.1, 0.15) is 0 Å². The second-order valence-electron chi connectivity index (χ2n) is 4.67. The fourth-order valence-electron chi connectivity index (χ4n) is 2.39. The van der Waals surface area contributed by atoms with Crippen molar-refractivity contribution in [3.05, 3.63) is 67.1 Å². The van der Waals surface area contributed by atoms with E-state index < -0.39 is 0 Å². The Morgan fingerprint density at radius 2 is 1.25 bits per heavy atom. The van der Waals surface area contributed by atoms with Crippen LogP contribution in [0.25, 0.3) is 33.1 Å². The van der Waals surface area contributed by atoms with E-state index in [1.165, 1.54) is 0 Å². The Morgan fingerprint density at radius 3 is 2.15 bits per heavy atom. The van der Waals surface area contributed by atoms with Gasteiger partial charge in [0.05, 0.1) is 16.6 Å². The molecule has 0 bridgehead atoms. The van der Waals surface area contributed by atoms with Crippen molar-refractivity contribution >= 4 is 21.9 Å². The van der Waals surface area contributed by atoms with E-state index in [0.29, 0.717) is 0 Å². The van der Waals surface area contributed by atoms with Crippen LogP contribution in [0.4, 0.5) is 0 Å². The Labute approximate surface area is 116 Å². The molecule has 3 heteroatoms.